The Morgan fingerprint density at radius 1 is 1.14 bits per heavy atom. The minimum absolute atomic E-state index is 0.298. The number of carbonyl (C=O) groups excluding carboxylic acids is 1. The zero-order chi connectivity index (χ0) is 21.2. The molecular formula is C19H16F4N4O2. The summed E-state index contributed by atoms with van der Waals surface area (Å²) in [7, 11) is 0. The van der Waals surface area contributed by atoms with Crippen molar-refractivity contribution in [3.8, 4) is 0 Å². The molecule has 3 aromatic rings. The molecule has 1 aromatic heterocycles. The molecule has 0 radical (unpaired) electrons. The van der Waals surface area contributed by atoms with Gasteiger partial charge in [-0.3, -0.25) is 4.79 Å². The molecular weight excluding hydrogens is 392 g/mol. The van der Waals surface area contributed by atoms with E-state index in [0.29, 0.717) is 12.1 Å². The Balaban J connectivity index is 1.95. The molecule has 2 N–H and O–H groups in total. The Hall–Kier alpha value is -3.27. The summed E-state index contributed by atoms with van der Waals surface area (Å²) in [6, 6.07) is 3.67. The molecule has 0 spiro atoms. The first-order valence-corrected chi connectivity index (χ1v) is 8.46. The molecule has 0 bridgehead atoms. The van der Waals surface area contributed by atoms with E-state index >= 15 is 0 Å². The highest BCUT2D eigenvalue weighted by Gasteiger charge is 2.40. The van der Waals surface area contributed by atoms with Crippen LogP contribution in [0.1, 0.15) is 22.8 Å². The summed E-state index contributed by atoms with van der Waals surface area (Å²) in [6.07, 6.45) is 2.46. The summed E-state index contributed by atoms with van der Waals surface area (Å²) in [5.74, 6) is -4.68. The maximum Gasteiger partial charge on any atom is 0.251 e. The summed E-state index contributed by atoms with van der Waals surface area (Å²) in [4.78, 5) is 16.2. The molecule has 0 aliphatic carbocycles. The van der Waals surface area contributed by atoms with Gasteiger partial charge in [-0.25, -0.2) is 27.2 Å². The molecule has 10 heteroatoms. The molecule has 2 aromatic carbocycles. The summed E-state index contributed by atoms with van der Waals surface area (Å²) in [5, 5.41) is 17.5. The normalized spacial score (nSPS) is 14.3. The van der Waals surface area contributed by atoms with Gasteiger partial charge in [0, 0.05) is 23.3 Å². The molecule has 6 nitrogen and oxygen atoms in total. The summed E-state index contributed by atoms with van der Waals surface area (Å²) >= 11 is 0. The van der Waals surface area contributed by atoms with Crippen molar-refractivity contribution in [1.29, 1.82) is 0 Å². The lowest BCUT2D eigenvalue weighted by molar-refractivity contribution is -0.0186. The molecule has 0 aliphatic heterocycles. The zero-order valence-electron chi connectivity index (χ0n) is 15.1. The zero-order valence-corrected chi connectivity index (χ0v) is 15.1. The Kier molecular flexibility index (Phi) is 5.64. The predicted molar refractivity (Wildman–Crippen MR) is 93.6 cm³/mol. The first kappa shape index (κ1) is 20.5. The second kappa shape index (κ2) is 8.00. The smallest absolute Gasteiger partial charge is 0.251 e. The number of halogens is 4. The minimum Gasteiger partial charge on any atom is -0.381 e. The van der Waals surface area contributed by atoms with E-state index in [1.165, 1.54) is 24.3 Å². The Bertz CT molecular complexity index is 1010. The van der Waals surface area contributed by atoms with Crippen LogP contribution in [0.3, 0.4) is 0 Å². The third kappa shape index (κ3) is 4.43. The molecule has 0 saturated carbocycles. The van der Waals surface area contributed by atoms with E-state index in [0.717, 1.165) is 24.3 Å². The average Bonchev–Trinajstić information content (AvgIpc) is 3.13. The summed E-state index contributed by atoms with van der Waals surface area (Å²) < 4.78 is 55.8. The largest absolute Gasteiger partial charge is 0.381 e. The molecule has 0 unspecified atom stereocenters. The van der Waals surface area contributed by atoms with Gasteiger partial charge in [0.2, 0.25) is 0 Å². The van der Waals surface area contributed by atoms with Gasteiger partial charge in [0.25, 0.3) is 5.91 Å². The average molecular weight is 408 g/mol. The van der Waals surface area contributed by atoms with Crippen LogP contribution in [-0.2, 0) is 12.1 Å². The number of aromatic nitrogens is 3. The van der Waals surface area contributed by atoms with Gasteiger partial charge in [-0.15, -0.1) is 0 Å². The Morgan fingerprint density at radius 2 is 1.83 bits per heavy atom. The number of hydrogen-bond donors (Lipinski definition) is 2. The van der Waals surface area contributed by atoms with Crippen molar-refractivity contribution >= 4 is 5.91 Å². The van der Waals surface area contributed by atoms with E-state index in [4.69, 9.17) is 0 Å². The van der Waals surface area contributed by atoms with Crippen LogP contribution in [0.15, 0.2) is 49.1 Å². The number of nitrogens with one attached hydrogen (secondary N) is 1. The van der Waals surface area contributed by atoms with Gasteiger partial charge in [0.1, 0.15) is 41.5 Å². The molecule has 1 amide bonds. The second-order valence-corrected chi connectivity index (χ2v) is 6.49. The minimum atomic E-state index is -2.09. The standard InChI is InChI=1S/C19H16F4N4O2/c1-11(26-18(28)12-4-14(21)6-15(22)5-12)19(29,8-27-10-24-9-25-27)16-3-2-13(20)7-17(16)23/h2-7,9-11,29H,8H2,1H3,(H,26,28)/t11-,19-/m1/s1. The molecule has 2 atom stereocenters. The van der Waals surface area contributed by atoms with E-state index < -0.39 is 40.8 Å². The van der Waals surface area contributed by atoms with Crippen molar-refractivity contribution in [3.63, 3.8) is 0 Å². The molecule has 152 valence electrons. The van der Waals surface area contributed by atoms with Gasteiger partial charge in [0.15, 0.2) is 0 Å². The van der Waals surface area contributed by atoms with Crippen LogP contribution >= 0.6 is 0 Å². The van der Waals surface area contributed by atoms with E-state index in [1.807, 2.05) is 0 Å². The van der Waals surface area contributed by atoms with Crippen molar-refractivity contribution in [1.82, 2.24) is 20.1 Å². The highest BCUT2D eigenvalue weighted by Crippen LogP contribution is 2.30. The summed E-state index contributed by atoms with van der Waals surface area (Å²) in [5.41, 5.74) is -2.71. The van der Waals surface area contributed by atoms with Crippen LogP contribution < -0.4 is 5.32 Å². The van der Waals surface area contributed by atoms with Crippen LogP contribution in [-0.4, -0.2) is 31.8 Å². The highest BCUT2D eigenvalue weighted by atomic mass is 19.1. The maximum atomic E-state index is 14.4. The van der Waals surface area contributed by atoms with Crippen molar-refractivity contribution in [3.05, 3.63) is 83.4 Å². The van der Waals surface area contributed by atoms with Crippen LogP contribution in [0.5, 0.6) is 0 Å². The number of nitrogens with zero attached hydrogens (tertiary/aromatic N) is 3. The summed E-state index contributed by atoms with van der Waals surface area (Å²) in [6.45, 7) is 1.03. The van der Waals surface area contributed by atoms with Gasteiger partial charge < -0.3 is 10.4 Å². The quantitative estimate of drug-likeness (QED) is 0.615. The van der Waals surface area contributed by atoms with Crippen molar-refractivity contribution in [2.45, 2.75) is 25.1 Å². The van der Waals surface area contributed by atoms with Crippen molar-refractivity contribution < 1.29 is 27.5 Å². The number of benzene rings is 2. The fourth-order valence-corrected chi connectivity index (χ4v) is 2.94. The van der Waals surface area contributed by atoms with Crippen molar-refractivity contribution in [2.75, 3.05) is 0 Å². The predicted octanol–water partition coefficient (Wildman–Crippen LogP) is 2.54. The lowest BCUT2D eigenvalue weighted by Crippen LogP contribution is -2.51. The lowest BCUT2D eigenvalue weighted by Gasteiger charge is -2.35. The van der Waals surface area contributed by atoms with Crippen LogP contribution in [0.4, 0.5) is 17.6 Å². The third-order valence-corrected chi connectivity index (χ3v) is 4.46. The van der Waals surface area contributed by atoms with Crippen LogP contribution in [0.25, 0.3) is 0 Å². The van der Waals surface area contributed by atoms with Gasteiger partial charge >= 0.3 is 0 Å². The monoisotopic (exact) mass is 408 g/mol. The van der Waals surface area contributed by atoms with E-state index in [1.54, 1.807) is 0 Å². The molecule has 29 heavy (non-hydrogen) atoms. The fourth-order valence-electron chi connectivity index (χ4n) is 2.94. The molecule has 0 saturated heterocycles. The first-order chi connectivity index (χ1) is 13.7. The highest BCUT2D eigenvalue weighted by molar-refractivity contribution is 5.94. The fraction of sp³-hybridized carbons (Fsp3) is 0.211. The van der Waals surface area contributed by atoms with Crippen LogP contribution in [0, 0.1) is 23.3 Å². The van der Waals surface area contributed by atoms with Gasteiger partial charge in [0.05, 0.1) is 12.6 Å². The SMILES string of the molecule is C[C@@H](NC(=O)c1cc(F)cc(F)c1)[C@](O)(Cn1cncn1)c1ccc(F)cc1F. The van der Waals surface area contributed by atoms with Crippen LogP contribution in [0.2, 0.25) is 0 Å². The molecule has 0 fully saturated rings. The van der Waals surface area contributed by atoms with E-state index in [-0.39, 0.29) is 17.7 Å². The number of amides is 1. The van der Waals surface area contributed by atoms with E-state index in [2.05, 4.69) is 15.4 Å². The van der Waals surface area contributed by atoms with Crippen molar-refractivity contribution in [2.24, 2.45) is 0 Å². The van der Waals surface area contributed by atoms with Gasteiger partial charge in [-0.1, -0.05) is 6.07 Å². The number of carbonyl (C=O) groups is 1. The van der Waals surface area contributed by atoms with E-state index in [9.17, 15) is 27.5 Å². The molecule has 0 aliphatic rings. The lowest BCUT2D eigenvalue weighted by atomic mass is 9.86. The first-order valence-electron chi connectivity index (χ1n) is 8.46. The molecule has 3 rings (SSSR count). The number of rotatable bonds is 6. The van der Waals surface area contributed by atoms with Gasteiger partial charge in [-0.2, -0.15) is 5.10 Å². The Labute approximate surface area is 162 Å². The molecule has 1 heterocycles. The van der Waals surface area contributed by atoms with Gasteiger partial charge in [-0.05, 0) is 25.1 Å². The second-order valence-electron chi connectivity index (χ2n) is 6.49. The number of aliphatic hydroxyl groups is 1. The maximum absolute atomic E-state index is 14.4. The Morgan fingerprint density at radius 3 is 2.41 bits per heavy atom. The third-order valence-electron chi connectivity index (χ3n) is 4.46. The topological polar surface area (TPSA) is 80.0 Å². The number of hydrogen-bond acceptors (Lipinski definition) is 4.